The lowest BCUT2D eigenvalue weighted by Gasteiger charge is -2.36. The Morgan fingerprint density at radius 2 is 0.932 bits per heavy atom. The van der Waals surface area contributed by atoms with E-state index in [2.05, 4.69) is 217 Å². The molecule has 2 heteroatoms. The molecule has 11 aromatic rings. The molecule has 1 aromatic heterocycles. The van der Waals surface area contributed by atoms with Gasteiger partial charge in [-0.1, -0.05) is 176 Å². The van der Waals surface area contributed by atoms with Gasteiger partial charge in [0.1, 0.15) is 5.58 Å². The fourth-order valence-electron chi connectivity index (χ4n) is 10.6. The number of hydrogen-bond donors (Lipinski definition) is 0. The van der Waals surface area contributed by atoms with Crippen molar-refractivity contribution in [3.63, 3.8) is 0 Å². The third-order valence-corrected chi connectivity index (χ3v) is 13.0. The first-order chi connectivity index (χ1) is 29.3. The highest BCUT2D eigenvalue weighted by atomic mass is 16.3. The first-order valence-corrected chi connectivity index (χ1v) is 20.4. The van der Waals surface area contributed by atoms with Crippen molar-refractivity contribution in [2.45, 2.75) is 5.41 Å². The summed E-state index contributed by atoms with van der Waals surface area (Å²) in [4.78, 5) is 2.48. The quantitative estimate of drug-likeness (QED) is 0.178. The number of nitrogens with zero attached hydrogens (tertiary/aromatic N) is 1. The van der Waals surface area contributed by atoms with Gasteiger partial charge in [-0.05, 0) is 108 Å². The predicted octanol–water partition coefficient (Wildman–Crippen LogP) is 15.4. The lowest BCUT2D eigenvalue weighted by atomic mass is 9.70. The van der Waals surface area contributed by atoms with Gasteiger partial charge >= 0.3 is 0 Å². The van der Waals surface area contributed by atoms with E-state index < -0.39 is 5.41 Å². The van der Waals surface area contributed by atoms with E-state index >= 15 is 0 Å². The van der Waals surface area contributed by atoms with Crippen LogP contribution >= 0.6 is 0 Å². The average molecular weight is 750 g/mol. The van der Waals surface area contributed by atoms with Gasteiger partial charge in [-0.3, -0.25) is 0 Å². The molecule has 274 valence electrons. The van der Waals surface area contributed by atoms with Crippen LogP contribution in [0.3, 0.4) is 0 Å². The highest BCUT2D eigenvalue weighted by Gasteiger charge is 2.53. The van der Waals surface area contributed by atoms with Crippen molar-refractivity contribution in [1.29, 1.82) is 0 Å². The number of hydrogen-bond acceptors (Lipinski definition) is 2. The molecule has 10 aromatic carbocycles. The zero-order chi connectivity index (χ0) is 38.7. The maximum atomic E-state index is 7.02. The first-order valence-electron chi connectivity index (χ1n) is 20.4. The van der Waals surface area contributed by atoms with Crippen LogP contribution in [0.1, 0.15) is 22.3 Å². The summed E-state index contributed by atoms with van der Waals surface area (Å²) in [5.41, 5.74) is 17.1. The van der Waals surface area contributed by atoms with Crippen molar-refractivity contribution in [2.24, 2.45) is 0 Å². The molecule has 0 unspecified atom stereocenters. The summed E-state index contributed by atoms with van der Waals surface area (Å²) in [6.07, 6.45) is 0. The molecule has 0 bridgehead atoms. The second-order valence-corrected chi connectivity index (χ2v) is 15.9. The number of benzene rings is 10. The monoisotopic (exact) mass is 749 g/mol. The van der Waals surface area contributed by atoms with Crippen molar-refractivity contribution < 1.29 is 4.42 Å². The van der Waals surface area contributed by atoms with Crippen LogP contribution in [-0.4, -0.2) is 0 Å². The molecule has 0 radical (unpaired) electrons. The predicted molar refractivity (Wildman–Crippen MR) is 245 cm³/mol. The Morgan fingerprint density at radius 3 is 1.66 bits per heavy atom. The Labute approximate surface area is 341 Å². The summed E-state index contributed by atoms with van der Waals surface area (Å²) in [5.74, 6) is 0. The third-order valence-electron chi connectivity index (χ3n) is 13.0. The van der Waals surface area contributed by atoms with Crippen molar-refractivity contribution in [3.8, 4) is 33.4 Å². The van der Waals surface area contributed by atoms with Crippen LogP contribution in [0.2, 0.25) is 0 Å². The summed E-state index contributed by atoms with van der Waals surface area (Å²) < 4.78 is 7.02. The molecule has 1 heterocycles. The van der Waals surface area contributed by atoms with E-state index in [1.807, 2.05) is 0 Å². The summed E-state index contributed by atoms with van der Waals surface area (Å²) in [5, 5.41) is 7.08. The highest BCUT2D eigenvalue weighted by molar-refractivity contribution is 6.23. The Balaban J connectivity index is 1.14. The maximum absolute atomic E-state index is 7.02. The standard InChI is InChI=1S/C57H35NO/c1-2-15-38-34-39(29-28-36(38)14-1)37-30-32-41(33-31-37)58(52-35-40-16-3-4-17-42(40)54-47-21-8-12-27-53(47)59-56(52)54)51-26-13-22-46-45-20-7-11-25-50(45)57(55(46)51)48-23-9-5-18-43(48)44-19-6-10-24-49(44)57/h1-35H. The Kier molecular flexibility index (Phi) is 6.68. The number of furan rings is 1. The minimum absolute atomic E-state index is 0.539. The SMILES string of the molecule is c1ccc2c(c1)-c1ccccc1C21c2ccccc2-c2cccc(N(c3ccc(-c4ccc5ccccc5c4)cc3)c3cc4ccccc4c4c3oc3ccccc34)c21. The van der Waals surface area contributed by atoms with Crippen molar-refractivity contribution in [3.05, 3.63) is 235 Å². The molecular formula is C57H35NO. The fourth-order valence-corrected chi connectivity index (χ4v) is 10.6. The van der Waals surface area contributed by atoms with Crippen LogP contribution in [0.15, 0.2) is 217 Å². The molecule has 0 saturated carbocycles. The van der Waals surface area contributed by atoms with Crippen LogP contribution in [0.4, 0.5) is 17.1 Å². The summed E-state index contributed by atoms with van der Waals surface area (Å²) >= 11 is 0. The van der Waals surface area contributed by atoms with Crippen LogP contribution in [0.25, 0.3) is 76.9 Å². The Hall–Kier alpha value is -7.68. The van der Waals surface area contributed by atoms with Gasteiger partial charge in [0.25, 0.3) is 0 Å². The van der Waals surface area contributed by atoms with Crippen LogP contribution in [-0.2, 0) is 5.41 Å². The minimum Gasteiger partial charge on any atom is -0.454 e. The summed E-state index contributed by atoms with van der Waals surface area (Å²) in [7, 11) is 0. The highest BCUT2D eigenvalue weighted by Crippen LogP contribution is 2.65. The first kappa shape index (κ1) is 32.4. The van der Waals surface area contributed by atoms with Gasteiger partial charge in [0.15, 0.2) is 5.58 Å². The van der Waals surface area contributed by atoms with Gasteiger partial charge in [0.05, 0.1) is 16.8 Å². The van der Waals surface area contributed by atoms with Gasteiger partial charge in [-0.2, -0.15) is 0 Å². The molecular weight excluding hydrogens is 715 g/mol. The molecule has 0 amide bonds. The number of para-hydroxylation sites is 1. The normalized spacial score (nSPS) is 13.2. The zero-order valence-corrected chi connectivity index (χ0v) is 32.1. The van der Waals surface area contributed by atoms with E-state index in [4.69, 9.17) is 4.42 Å². The molecule has 0 N–H and O–H groups in total. The second-order valence-electron chi connectivity index (χ2n) is 15.9. The smallest absolute Gasteiger partial charge is 0.160 e. The maximum Gasteiger partial charge on any atom is 0.160 e. The van der Waals surface area contributed by atoms with E-state index in [1.54, 1.807) is 0 Å². The van der Waals surface area contributed by atoms with E-state index in [9.17, 15) is 0 Å². The second kappa shape index (κ2) is 12.2. The van der Waals surface area contributed by atoms with E-state index in [0.29, 0.717) is 0 Å². The van der Waals surface area contributed by atoms with Gasteiger partial charge in [0.2, 0.25) is 0 Å². The largest absolute Gasteiger partial charge is 0.454 e. The van der Waals surface area contributed by atoms with Crippen LogP contribution in [0, 0.1) is 0 Å². The van der Waals surface area contributed by atoms with Gasteiger partial charge in [0, 0.05) is 22.0 Å². The van der Waals surface area contributed by atoms with Gasteiger partial charge < -0.3 is 9.32 Å². The molecule has 2 aliphatic rings. The molecule has 13 rings (SSSR count). The lowest BCUT2D eigenvalue weighted by molar-refractivity contribution is 0.669. The van der Waals surface area contributed by atoms with Crippen molar-refractivity contribution in [1.82, 2.24) is 0 Å². The molecule has 0 saturated heterocycles. The average Bonchev–Trinajstić information content (AvgIpc) is 3.95. The fraction of sp³-hybridized carbons (Fsp3) is 0.0175. The summed E-state index contributed by atoms with van der Waals surface area (Å²) in [6, 6.07) is 78.0. The van der Waals surface area contributed by atoms with Gasteiger partial charge in [-0.25, -0.2) is 0 Å². The summed E-state index contributed by atoms with van der Waals surface area (Å²) in [6.45, 7) is 0. The topological polar surface area (TPSA) is 16.4 Å². The molecule has 2 nitrogen and oxygen atoms in total. The Bertz CT molecular complexity index is 3450. The minimum atomic E-state index is -0.539. The zero-order valence-electron chi connectivity index (χ0n) is 32.1. The lowest BCUT2D eigenvalue weighted by Crippen LogP contribution is -2.28. The van der Waals surface area contributed by atoms with E-state index in [1.165, 1.54) is 77.2 Å². The number of rotatable bonds is 4. The third kappa shape index (κ3) is 4.40. The van der Waals surface area contributed by atoms with Gasteiger partial charge in [-0.15, -0.1) is 0 Å². The molecule has 59 heavy (non-hydrogen) atoms. The van der Waals surface area contributed by atoms with Crippen LogP contribution < -0.4 is 4.90 Å². The van der Waals surface area contributed by atoms with E-state index in [-0.39, 0.29) is 0 Å². The van der Waals surface area contributed by atoms with Crippen molar-refractivity contribution in [2.75, 3.05) is 4.90 Å². The molecule has 0 aliphatic heterocycles. The molecule has 0 atom stereocenters. The van der Waals surface area contributed by atoms with Crippen LogP contribution in [0.5, 0.6) is 0 Å². The van der Waals surface area contributed by atoms with E-state index in [0.717, 1.165) is 39.0 Å². The molecule has 0 fully saturated rings. The van der Waals surface area contributed by atoms with Crippen molar-refractivity contribution >= 4 is 60.5 Å². The molecule has 2 aliphatic carbocycles. The molecule has 1 spiro atoms. The number of fused-ring (bicyclic) bond motifs is 16. The Morgan fingerprint density at radius 1 is 0.373 bits per heavy atom. The number of anilines is 3.